The molecule has 1 rings (SSSR count). The molecule has 1 aliphatic rings. The van der Waals surface area contributed by atoms with E-state index >= 15 is 0 Å². The average Bonchev–Trinajstić information content (AvgIpc) is 3.36. The van der Waals surface area contributed by atoms with Gasteiger partial charge in [-0.3, -0.25) is 4.79 Å². The van der Waals surface area contributed by atoms with Crippen molar-refractivity contribution in [3.8, 4) is 0 Å². The van der Waals surface area contributed by atoms with Gasteiger partial charge in [-0.1, -0.05) is 289 Å². The van der Waals surface area contributed by atoms with E-state index in [4.69, 9.17) is 9.47 Å². The van der Waals surface area contributed by atoms with Crippen LogP contribution in [0.3, 0.4) is 0 Å². The van der Waals surface area contributed by atoms with E-state index in [2.05, 4.69) is 31.3 Å². The third kappa shape index (κ3) is 40.1. The van der Waals surface area contributed by atoms with Crippen LogP contribution in [0.15, 0.2) is 24.3 Å². The van der Waals surface area contributed by atoms with E-state index in [1.54, 1.807) is 6.08 Å². The number of carbonyl (C=O) groups excluding carboxylic acids is 1. The van der Waals surface area contributed by atoms with Crippen molar-refractivity contribution in [1.82, 2.24) is 5.32 Å². The van der Waals surface area contributed by atoms with Crippen LogP contribution >= 0.6 is 0 Å². The van der Waals surface area contributed by atoms with Crippen LogP contribution in [-0.4, -0.2) is 87.5 Å². The molecule has 0 radical (unpaired) electrons. The maximum absolute atomic E-state index is 13.1. The van der Waals surface area contributed by atoms with Gasteiger partial charge in [0.25, 0.3) is 0 Å². The first kappa shape index (κ1) is 66.7. The van der Waals surface area contributed by atoms with Gasteiger partial charge in [0, 0.05) is 6.42 Å². The molecule has 0 aromatic carbocycles. The Morgan fingerprint density at radius 2 is 0.814 bits per heavy atom. The molecule has 0 aliphatic carbocycles. The van der Waals surface area contributed by atoms with Crippen LogP contribution in [0.1, 0.15) is 303 Å². The molecular weight excluding hydrogens is 875 g/mol. The first-order valence-corrected chi connectivity index (χ1v) is 30.6. The van der Waals surface area contributed by atoms with Crippen LogP contribution in [-0.2, 0) is 14.3 Å². The highest BCUT2D eigenvalue weighted by atomic mass is 16.7. The molecule has 0 spiro atoms. The lowest BCUT2D eigenvalue weighted by atomic mass is 9.99. The molecule has 0 saturated carbocycles. The number of unbranched alkanes of at least 4 members (excludes halogenated alkanes) is 41. The van der Waals surface area contributed by atoms with Gasteiger partial charge in [0.15, 0.2) is 6.29 Å². The fraction of sp³-hybridized carbons (Fsp3) is 0.918. The highest BCUT2D eigenvalue weighted by molar-refractivity contribution is 5.76. The Hall–Kier alpha value is -1.33. The molecule has 0 bridgehead atoms. The fourth-order valence-corrected chi connectivity index (χ4v) is 9.94. The number of ether oxygens (including phenoxy) is 2. The minimum absolute atomic E-state index is 0.180. The van der Waals surface area contributed by atoms with Crippen LogP contribution in [0, 0.1) is 0 Å². The van der Waals surface area contributed by atoms with Crippen molar-refractivity contribution in [2.75, 3.05) is 13.2 Å². The number of allylic oxidation sites excluding steroid dienone is 3. The minimum Gasteiger partial charge on any atom is -0.394 e. The largest absolute Gasteiger partial charge is 0.394 e. The van der Waals surface area contributed by atoms with E-state index in [0.29, 0.717) is 6.42 Å². The summed E-state index contributed by atoms with van der Waals surface area (Å²) in [5.74, 6) is -0.180. The summed E-state index contributed by atoms with van der Waals surface area (Å²) in [7, 11) is 0. The molecule has 9 nitrogen and oxygen atoms in total. The summed E-state index contributed by atoms with van der Waals surface area (Å²) in [5.41, 5.74) is 0. The molecule has 0 aromatic heterocycles. The number of amides is 1. The number of carbonyl (C=O) groups is 1. The Balaban J connectivity index is 2.20. The van der Waals surface area contributed by atoms with E-state index in [1.807, 2.05) is 6.08 Å². The molecule has 6 N–H and O–H groups in total. The fourth-order valence-electron chi connectivity index (χ4n) is 9.94. The zero-order valence-electron chi connectivity index (χ0n) is 46.0. The highest BCUT2D eigenvalue weighted by Crippen LogP contribution is 2.23. The van der Waals surface area contributed by atoms with Crippen molar-refractivity contribution in [3.63, 3.8) is 0 Å². The van der Waals surface area contributed by atoms with Gasteiger partial charge < -0.3 is 40.3 Å². The lowest BCUT2D eigenvalue weighted by Crippen LogP contribution is -2.60. The summed E-state index contributed by atoms with van der Waals surface area (Å²) in [6, 6.07) is -0.819. The molecule has 7 atom stereocenters. The summed E-state index contributed by atoms with van der Waals surface area (Å²) in [6.45, 7) is 3.81. The SMILES string of the molecule is CCCCCCCCCCCCCCCCCCCCCCCC/C=C/CC/C=C/C(O)C(COC1OC(CO)C(O)C(O)C1O)NC(=O)CCCCCCCCCCCCCCCCCCCCC. The predicted molar refractivity (Wildman–Crippen MR) is 295 cm³/mol. The van der Waals surface area contributed by atoms with E-state index in [0.717, 1.165) is 38.5 Å². The first-order valence-electron chi connectivity index (χ1n) is 30.6. The Morgan fingerprint density at radius 1 is 0.471 bits per heavy atom. The lowest BCUT2D eigenvalue weighted by molar-refractivity contribution is -0.302. The molecule has 7 unspecified atom stereocenters. The zero-order valence-corrected chi connectivity index (χ0v) is 46.0. The standard InChI is InChI=1S/C61H117NO8/c1-3-5-7-9-11-13-15-17-19-21-23-24-25-26-27-28-29-30-31-33-34-36-38-40-42-44-46-48-50-55(64)54(53-69-61-60(68)59(67)58(66)56(52-63)70-61)62-57(65)51-49-47-45-43-41-39-37-35-32-22-20-18-16-14-12-10-8-6-4-2/h40,42,48,50,54-56,58-61,63-64,66-68H,3-39,41,43-47,49,51-53H2,1-2H3,(H,62,65)/b42-40+,50-48+. The molecule has 1 amide bonds. The molecule has 1 saturated heterocycles. The summed E-state index contributed by atoms with van der Waals surface area (Å²) < 4.78 is 11.3. The average molecular weight is 993 g/mol. The van der Waals surface area contributed by atoms with Gasteiger partial charge in [0.1, 0.15) is 24.4 Å². The van der Waals surface area contributed by atoms with Gasteiger partial charge in [-0.25, -0.2) is 0 Å². The molecule has 0 aromatic rings. The van der Waals surface area contributed by atoms with Crippen LogP contribution in [0.2, 0.25) is 0 Å². The maximum atomic E-state index is 13.1. The number of aliphatic hydroxyl groups is 5. The third-order valence-electron chi connectivity index (χ3n) is 14.8. The van der Waals surface area contributed by atoms with Gasteiger partial charge in [0.05, 0.1) is 25.4 Å². The molecular formula is C61H117NO8. The van der Waals surface area contributed by atoms with Crippen molar-refractivity contribution in [2.24, 2.45) is 0 Å². The van der Waals surface area contributed by atoms with Crippen LogP contribution < -0.4 is 5.32 Å². The highest BCUT2D eigenvalue weighted by Gasteiger charge is 2.44. The predicted octanol–water partition coefficient (Wildman–Crippen LogP) is 15.4. The molecule has 1 aliphatic heterocycles. The van der Waals surface area contributed by atoms with E-state index in [9.17, 15) is 30.3 Å². The second kappa shape index (κ2) is 51.2. The van der Waals surface area contributed by atoms with Crippen molar-refractivity contribution in [1.29, 1.82) is 0 Å². The Labute approximate surface area is 432 Å². The van der Waals surface area contributed by atoms with Gasteiger partial charge in [-0.15, -0.1) is 0 Å². The summed E-state index contributed by atoms with van der Waals surface area (Å²) in [4.78, 5) is 13.1. The molecule has 9 heteroatoms. The smallest absolute Gasteiger partial charge is 0.220 e. The van der Waals surface area contributed by atoms with Crippen molar-refractivity contribution < 1.29 is 39.8 Å². The number of nitrogens with one attached hydrogen (secondary N) is 1. The second-order valence-corrected chi connectivity index (χ2v) is 21.5. The second-order valence-electron chi connectivity index (χ2n) is 21.5. The number of hydrogen-bond acceptors (Lipinski definition) is 8. The van der Waals surface area contributed by atoms with E-state index < -0.39 is 49.5 Å². The monoisotopic (exact) mass is 992 g/mol. The van der Waals surface area contributed by atoms with Crippen molar-refractivity contribution >= 4 is 5.91 Å². The third-order valence-corrected chi connectivity index (χ3v) is 14.8. The molecule has 70 heavy (non-hydrogen) atoms. The van der Waals surface area contributed by atoms with Crippen molar-refractivity contribution in [3.05, 3.63) is 24.3 Å². The summed E-state index contributed by atoms with van der Waals surface area (Å²) >= 11 is 0. The zero-order chi connectivity index (χ0) is 50.8. The van der Waals surface area contributed by atoms with Gasteiger partial charge in [0.2, 0.25) is 5.91 Å². The van der Waals surface area contributed by atoms with Gasteiger partial charge >= 0.3 is 0 Å². The molecule has 1 heterocycles. The Kier molecular flexibility index (Phi) is 48.7. The van der Waals surface area contributed by atoms with Gasteiger partial charge in [-0.05, 0) is 32.1 Å². The minimum atomic E-state index is -1.57. The van der Waals surface area contributed by atoms with Crippen LogP contribution in [0.25, 0.3) is 0 Å². The summed E-state index contributed by atoms with van der Waals surface area (Å²) in [5, 5.41) is 54.5. The number of aliphatic hydroxyl groups excluding tert-OH is 5. The number of rotatable bonds is 53. The Bertz CT molecular complexity index is 1150. The van der Waals surface area contributed by atoms with Crippen molar-refractivity contribution in [2.45, 2.75) is 346 Å². The normalized spacial score (nSPS) is 19.4. The van der Waals surface area contributed by atoms with Gasteiger partial charge in [-0.2, -0.15) is 0 Å². The topological polar surface area (TPSA) is 149 Å². The first-order chi connectivity index (χ1) is 34.3. The molecule has 414 valence electrons. The van der Waals surface area contributed by atoms with E-state index in [-0.39, 0.29) is 12.5 Å². The lowest BCUT2D eigenvalue weighted by Gasteiger charge is -2.40. The maximum Gasteiger partial charge on any atom is 0.220 e. The quantitative estimate of drug-likeness (QED) is 0.0261. The Morgan fingerprint density at radius 3 is 1.20 bits per heavy atom. The molecule has 1 fully saturated rings. The van der Waals surface area contributed by atoms with E-state index in [1.165, 1.54) is 244 Å². The number of hydrogen-bond donors (Lipinski definition) is 6. The van der Waals surface area contributed by atoms with Crippen LogP contribution in [0.5, 0.6) is 0 Å². The van der Waals surface area contributed by atoms with Crippen LogP contribution in [0.4, 0.5) is 0 Å². The summed E-state index contributed by atoms with van der Waals surface area (Å²) in [6.07, 6.45) is 58.3.